The zero-order valence-corrected chi connectivity index (χ0v) is 17.1. The second-order valence-electron chi connectivity index (χ2n) is 7.98. The number of nitrogens with one attached hydrogen (secondary N) is 1. The van der Waals surface area contributed by atoms with Crippen molar-refractivity contribution in [3.8, 4) is 6.07 Å². The molecule has 2 aliphatic rings. The van der Waals surface area contributed by atoms with E-state index in [1.807, 2.05) is 6.07 Å². The van der Waals surface area contributed by atoms with Crippen LogP contribution in [0.1, 0.15) is 35.4 Å². The molecule has 2 heterocycles. The minimum atomic E-state index is -0.935. The van der Waals surface area contributed by atoms with Gasteiger partial charge in [0.1, 0.15) is 11.8 Å². The van der Waals surface area contributed by atoms with Crippen molar-refractivity contribution in [1.82, 2.24) is 10.2 Å². The van der Waals surface area contributed by atoms with Crippen LogP contribution in [-0.4, -0.2) is 49.6 Å². The summed E-state index contributed by atoms with van der Waals surface area (Å²) in [4.78, 5) is 13.6. The average molecular weight is 427 g/mol. The molecule has 162 valence electrons. The van der Waals surface area contributed by atoms with E-state index >= 15 is 0 Å². The summed E-state index contributed by atoms with van der Waals surface area (Å²) in [5.41, 5.74) is 1.28. The standard InChI is InChI=1S/C23H23F2N3O3/c1-30-21(28-9-7-23(8-10-28)14-27-22(29)31-23)20(16-4-2-3-15(11-16)13-26)17-5-6-18(24)19(25)12-17/h2-6,11-12,20-21H,7-10,14H2,1H3,(H,27,29). The minimum Gasteiger partial charge on any atom is -0.441 e. The predicted octanol–water partition coefficient (Wildman–Crippen LogP) is 3.52. The second kappa shape index (κ2) is 8.61. The maximum atomic E-state index is 14.1. The van der Waals surface area contributed by atoms with Crippen LogP contribution in [0.25, 0.3) is 0 Å². The lowest BCUT2D eigenvalue weighted by atomic mass is 9.85. The molecule has 0 bridgehead atoms. The molecule has 1 amide bonds. The van der Waals surface area contributed by atoms with Gasteiger partial charge in [0, 0.05) is 39.0 Å². The van der Waals surface area contributed by atoms with Crippen LogP contribution in [0.5, 0.6) is 0 Å². The molecule has 1 N–H and O–H groups in total. The number of ether oxygens (including phenoxy) is 2. The van der Waals surface area contributed by atoms with Crippen LogP contribution in [0, 0.1) is 23.0 Å². The molecule has 0 aromatic heterocycles. The highest BCUT2D eigenvalue weighted by Gasteiger charge is 2.45. The number of alkyl carbamates (subject to hydrolysis) is 1. The molecule has 1 spiro atoms. The van der Waals surface area contributed by atoms with E-state index in [9.17, 15) is 18.8 Å². The molecule has 2 aromatic rings. The maximum Gasteiger partial charge on any atom is 0.407 e. The molecule has 0 radical (unpaired) electrons. The SMILES string of the molecule is COC(C(c1cccc(C#N)c1)c1ccc(F)c(F)c1)N1CCC2(CC1)CNC(=O)O2. The number of amides is 1. The zero-order valence-electron chi connectivity index (χ0n) is 17.1. The highest BCUT2D eigenvalue weighted by molar-refractivity contribution is 5.70. The molecule has 2 unspecified atom stereocenters. The van der Waals surface area contributed by atoms with E-state index in [2.05, 4.69) is 16.3 Å². The molecule has 2 aromatic carbocycles. The van der Waals surface area contributed by atoms with Crippen molar-refractivity contribution >= 4 is 6.09 Å². The molecule has 2 fully saturated rings. The summed E-state index contributed by atoms with van der Waals surface area (Å²) in [5, 5.41) is 12.0. The van der Waals surface area contributed by atoms with Crippen molar-refractivity contribution in [2.45, 2.75) is 30.6 Å². The Hall–Kier alpha value is -3.02. The van der Waals surface area contributed by atoms with Gasteiger partial charge >= 0.3 is 6.09 Å². The summed E-state index contributed by atoms with van der Waals surface area (Å²) < 4.78 is 39.1. The van der Waals surface area contributed by atoms with Gasteiger partial charge in [-0.2, -0.15) is 5.26 Å². The van der Waals surface area contributed by atoms with Gasteiger partial charge in [0.15, 0.2) is 11.6 Å². The third kappa shape index (κ3) is 4.24. The Morgan fingerprint density at radius 3 is 2.52 bits per heavy atom. The van der Waals surface area contributed by atoms with Gasteiger partial charge in [0.05, 0.1) is 18.2 Å². The Kier molecular flexibility index (Phi) is 5.90. The van der Waals surface area contributed by atoms with E-state index in [0.29, 0.717) is 43.6 Å². The molecule has 4 rings (SSSR count). The van der Waals surface area contributed by atoms with E-state index in [-0.39, 0.29) is 0 Å². The molecule has 2 aliphatic heterocycles. The third-order valence-corrected chi connectivity index (χ3v) is 6.14. The van der Waals surface area contributed by atoms with Crippen molar-refractivity contribution in [3.63, 3.8) is 0 Å². The van der Waals surface area contributed by atoms with Gasteiger partial charge in [-0.05, 0) is 35.4 Å². The fourth-order valence-corrected chi connectivity index (χ4v) is 4.49. The Labute approximate surface area is 179 Å². The first-order valence-electron chi connectivity index (χ1n) is 10.1. The predicted molar refractivity (Wildman–Crippen MR) is 108 cm³/mol. The van der Waals surface area contributed by atoms with Gasteiger partial charge in [0.25, 0.3) is 0 Å². The van der Waals surface area contributed by atoms with Crippen molar-refractivity contribution in [1.29, 1.82) is 5.26 Å². The van der Waals surface area contributed by atoms with Crippen LogP contribution < -0.4 is 5.32 Å². The number of methoxy groups -OCH3 is 1. The molecule has 2 saturated heterocycles. The zero-order chi connectivity index (χ0) is 22.0. The van der Waals surface area contributed by atoms with Crippen LogP contribution in [0.2, 0.25) is 0 Å². The van der Waals surface area contributed by atoms with Gasteiger partial charge < -0.3 is 14.8 Å². The van der Waals surface area contributed by atoms with Crippen LogP contribution in [-0.2, 0) is 9.47 Å². The number of benzene rings is 2. The van der Waals surface area contributed by atoms with Gasteiger partial charge in [-0.25, -0.2) is 13.6 Å². The largest absolute Gasteiger partial charge is 0.441 e. The van der Waals surface area contributed by atoms with E-state index in [0.717, 1.165) is 11.6 Å². The van der Waals surface area contributed by atoms with Crippen LogP contribution in [0.3, 0.4) is 0 Å². The van der Waals surface area contributed by atoms with Gasteiger partial charge in [-0.1, -0.05) is 18.2 Å². The quantitative estimate of drug-likeness (QED) is 0.791. The maximum absolute atomic E-state index is 14.1. The third-order valence-electron chi connectivity index (χ3n) is 6.14. The number of nitriles is 1. The van der Waals surface area contributed by atoms with E-state index in [4.69, 9.17) is 9.47 Å². The summed E-state index contributed by atoms with van der Waals surface area (Å²) in [6, 6.07) is 13.0. The smallest absolute Gasteiger partial charge is 0.407 e. The summed E-state index contributed by atoms with van der Waals surface area (Å²) >= 11 is 0. The number of carbonyl (C=O) groups is 1. The molecular formula is C23H23F2N3O3. The molecule has 0 aliphatic carbocycles. The number of carbonyl (C=O) groups excluding carboxylic acids is 1. The molecular weight excluding hydrogens is 404 g/mol. The first-order valence-corrected chi connectivity index (χ1v) is 10.1. The lowest BCUT2D eigenvalue weighted by Crippen LogP contribution is -2.52. The number of rotatable bonds is 5. The van der Waals surface area contributed by atoms with Crippen molar-refractivity contribution < 1.29 is 23.0 Å². The second-order valence-corrected chi connectivity index (χ2v) is 7.98. The molecule has 31 heavy (non-hydrogen) atoms. The molecule has 8 heteroatoms. The first-order chi connectivity index (χ1) is 14.9. The highest BCUT2D eigenvalue weighted by atomic mass is 19.2. The lowest BCUT2D eigenvalue weighted by Gasteiger charge is -2.43. The van der Waals surface area contributed by atoms with Crippen molar-refractivity contribution in [2.75, 3.05) is 26.7 Å². The Balaban J connectivity index is 1.67. The van der Waals surface area contributed by atoms with Crippen molar-refractivity contribution in [2.24, 2.45) is 0 Å². The van der Waals surface area contributed by atoms with Crippen LogP contribution in [0.15, 0.2) is 42.5 Å². The number of hydrogen-bond acceptors (Lipinski definition) is 5. The molecule has 2 atom stereocenters. The normalized spacial score (nSPS) is 20.0. The van der Waals surface area contributed by atoms with E-state index in [1.165, 1.54) is 6.07 Å². The number of nitrogens with zero attached hydrogens (tertiary/aromatic N) is 2. The highest BCUT2D eigenvalue weighted by Crippen LogP contribution is 2.36. The summed E-state index contributed by atoms with van der Waals surface area (Å²) in [6.45, 7) is 1.69. The van der Waals surface area contributed by atoms with Gasteiger partial charge in [0.2, 0.25) is 0 Å². The number of halogens is 2. The number of likely N-dealkylation sites (tertiary alicyclic amines) is 1. The van der Waals surface area contributed by atoms with Crippen LogP contribution >= 0.6 is 0 Å². The van der Waals surface area contributed by atoms with Gasteiger partial charge in [-0.3, -0.25) is 4.90 Å². The molecule has 0 saturated carbocycles. The summed E-state index contributed by atoms with van der Waals surface area (Å²) in [6.07, 6.45) is 0.383. The van der Waals surface area contributed by atoms with Crippen molar-refractivity contribution in [3.05, 3.63) is 70.8 Å². The lowest BCUT2D eigenvalue weighted by molar-refractivity contribution is -0.0847. The monoisotopic (exact) mass is 427 g/mol. The topological polar surface area (TPSA) is 74.6 Å². The minimum absolute atomic E-state index is 0.398. The fourth-order valence-electron chi connectivity index (χ4n) is 4.49. The number of piperidine rings is 1. The Morgan fingerprint density at radius 2 is 1.90 bits per heavy atom. The number of hydrogen-bond donors (Lipinski definition) is 1. The summed E-state index contributed by atoms with van der Waals surface area (Å²) in [5.74, 6) is -2.31. The summed E-state index contributed by atoms with van der Waals surface area (Å²) in [7, 11) is 1.58. The Morgan fingerprint density at radius 1 is 1.16 bits per heavy atom. The first kappa shape index (κ1) is 21.2. The van der Waals surface area contributed by atoms with E-state index in [1.54, 1.807) is 31.4 Å². The molecule has 6 nitrogen and oxygen atoms in total. The van der Waals surface area contributed by atoms with Gasteiger partial charge in [-0.15, -0.1) is 0 Å². The average Bonchev–Trinajstić information content (AvgIpc) is 3.14. The Bertz CT molecular complexity index is 1020. The van der Waals surface area contributed by atoms with Crippen LogP contribution in [0.4, 0.5) is 13.6 Å². The van der Waals surface area contributed by atoms with E-state index < -0.39 is 35.5 Å². The fraction of sp³-hybridized carbons (Fsp3) is 0.391.